The lowest BCUT2D eigenvalue weighted by molar-refractivity contribution is -0.139. The molecule has 4 heterocycles. The van der Waals surface area contributed by atoms with Gasteiger partial charge in [0, 0.05) is 37.9 Å². The zero-order valence-electron chi connectivity index (χ0n) is 28.0. The van der Waals surface area contributed by atoms with E-state index in [1.54, 1.807) is 25.3 Å². The van der Waals surface area contributed by atoms with Gasteiger partial charge in [0.15, 0.2) is 0 Å². The third-order valence-corrected chi connectivity index (χ3v) is 10.6. The summed E-state index contributed by atoms with van der Waals surface area (Å²) in [5.74, 6) is -0.335. The van der Waals surface area contributed by atoms with Crippen LogP contribution in [0.1, 0.15) is 69.3 Å². The molecular weight excluding hydrogens is 613 g/mol. The molecule has 2 fully saturated rings. The van der Waals surface area contributed by atoms with Crippen molar-refractivity contribution in [2.75, 3.05) is 46.8 Å². The summed E-state index contributed by atoms with van der Waals surface area (Å²) in [5, 5.41) is 13.2. The standard InChI is InChI=1S/C35H50N8O3S/c1-24(37-3)32(44)40-30(26-16-22-42(23-17-26)35(46)39-19-10-5-4-9-18-36-2)34(45)43-21-11-14-27(43)33-41-31-28(47-33)15-20-38-29(31)25-12-7-6-8-13-25/h6-8,12-13,15,20,24,26-27,30,36-37H,4-5,9-11,14,16-19,21-23H2,1-3H3,(H,39,46)(H,40,44)/t24-,27?,30?/m0/s1. The molecule has 11 nitrogen and oxygen atoms in total. The number of rotatable bonds is 14. The predicted molar refractivity (Wildman–Crippen MR) is 187 cm³/mol. The first-order chi connectivity index (χ1) is 22.9. The maximum absolute atomic E-state index is 14.4. The van der Waals surface area contributed by atoms with E-state index < -0.39 is 12.1 Å². The van der Waals surface area contributed by atoms with Gasteiger partial charge in [-0.1, -0.05) is 43.2 Å². The van der Waals surface area contributed by atoms with Crippen molar-refractivity contribution in [3.8, 4) is 11.3 Å². The average molecular weight is 663 g/mol. The zero-order chi connectivity index (χ0) is 33.2. The summed E-state index contributed by atoms with van der Waals surface area (Å²) in [6, 6.07) is 10.7. The van der Waals surface area contributed by atoms with Crippen molar-refractivity contribution < 1.29 is 14.4 Å². The Morgan fingerprint density at radius 2 is 1.70 bits per heavy atom. The highest BCUT2D eigenvalue weighted by Gasteiger charge is 2.41. The number of benzene rings is 1. The van der Waals surface area contributed by atoms with E-state index in [2.05, 4.69) is 26.3 Å². The van der Waals surface area contributed by atoms with Crippen molar-refractivity contribution in [1.82, 2.24) is 41.0 Å². The number of amides is 4. The molecule has 5 rings (SSSR count). The number of likely N-dealkylation sites (N-methyl/N-ethyl adjacent to an activating group) is 1. The number of likely N-dealkylation sites (tertiary alicyclic amines) is 2. The van der Waals surface area contributed by atoms with Gasteiger partial charge < -0.3 is 31.1 Å². The second kappa shape index (κ2) is 17.0. The zero-order valence-corrected chi connectivity index (χ0v) is 28.8. The molecule has 254 valence electrons. The molecule has 3 aromatic rings. The predicted octanol–water partition coefficient (Wildman–Crippen LogP) is 4.32. The number of piperidine rings is 1. The van der Waals surface area contributed by atoms with Crippen LogP contribution in [-0.4, -0.2) is 96.5 Å². The largest absolute Gasteiger partial charge is 0.343 e. The first kappa shape index (κ1) is 34.7. The van der Waals surface area contributed by atoms with Crippen molar-refractivity contribution in [3.05, 3.63) is 47.6 Å². The molecule has 0 aliphatic carbocycles. The van der Waals surface area contributed by atoms with E-state index in [9.17, 15) is 14.4 Å². The van der Waals surface area contributed by atoms with Gasteiger partial charge in [0.05, 0.1) is 22.5 Å². The Bertz CT molecular complexity index is 1480. The number of urea groups is 1. The molecular formula is C35H50N8O3S. The van der Waals surface area contributed by atoms with Crippen LogP contribution in [0.15, 0.2) is 42.6 Å². The molecule has 4 amide bonds. The van der Waals surface area contributed by atoms with Crippen molar-refractivity contribution in [1.29, 1.82) is 0 Å². The quantitative estimate of drug-likeness (QED) is 0.189. The van der Waals surface area contributed by atoms with Gasteiger partial charge in [-0.3, -0.25) is 14.6 Å². The van der Waals surface area contributed by atoms with Crippen molar-refractivity contribution >= 4 is 39.4 Å². The summed E-state index contributed by atoms with van der Waals surface area (Å²) < 4.78 is 1.04. The SMILES string of the molecule is CNCCCCCCNC(=O)N1CCC(C(NC(=O)[C@H](C)NC)C(=O)N2CCCC2c2nc3c(-c4ccccc4)nccc3s2)CC1. The summed E-state index contributed by atoms with van der Waals surface area (Å²) >= 11 is 1.61. The normalized spacial score (nSPS) is 18.3. The van der Waals surface area contributed by atoms with Crippen LogP contribution >= 0.6 is 11.3 Å². The van der Waals surface area contributed by atoms with Gasteiger partial charge in [-0.25, -0.2) is 9.78 Å². The van der Waals surface area contributed by atoms with Crippen LogP contribution in [0.3, 0.4) is 0 Å². The van der Waals surface area contributed by atoms with Crippen LogP contribution in [0.5, 0.6) is 0 Å². The second-order valence-electron chi connectivity index (χ2n) is 12.7. The van der Waals surface area contributed by atoms with Gasteiger partial charge in [-0.15, -0.1) is 11.3 Å². The molecule has 0 spiro atoms. The van der Waals surface area contributed by atoms with E-state index >= 15 is 0 Å². The van der Waals surface area contributed by atoms with Gasteiger partial charge in [0.2, 0.25) is 11.8 Å². The van der Waals surface area contributed by atoms with E-state index in [0.29, 0.717) is 39.0 Å². The van der Waals surface area contributed by atoms with Crippen molar-refractivity contribution in [2.24, 2.45) is 5.92 Å². The van der Waals surface area contributed by atoms with Gasteiger partial charge in [0.25, 0.3) is 0 Å². The number of hydrogen-bond donors (Lipinski definition) is 4. The van der Waals surface area contributed by atoms with Gasteiger partial charge in [0.1, 0.15) is 16.6 Å². The number of pyridine rings is 1. The van der Waals surface area contributed by atoms with Crippen molar-refractivity contribution in [2.45, 2.75) is 76.4 Å². The molecule has 2 unspecified atom stereocenters. The number of hydrogen-bond acceptors (Lipinski definition) is 8. The Balaban J connectivity index is 1.26. The van der Waals surface area contributed by atoms with Crippen LogP contribution in [0.4, 0.5) is 4.79 Å². The van der Waals surface area contributed by atoms with Crippen LogP contribution in [-0.2, 0) is 9.59 Å². The minimum atomic E-state index is -0.669. The molecule has 12 heteroatoms. The summed E-state index contributed by atoms with van der Waals surface area (Å²) in [6.45, 7) is 5.21. The molecule has 2 aromatic heterocycles. The summed E-state index contributed by atoms with van der Waals surface area (Å²) in [7, 11) is 3.70. The molecule has 0 bridgehead atoms. The Labute approximate surface area is 282 Å². The Morgan fingerprint density at radius 3 is 2.43 bits per heavy atom. The average Bonchev–Trinajstić information content (AvgIpc) is 3.77. The summed E-state index contributed by atoms with van der Waals surface area (Å²) in [4.78, 5) is 53.9. The third kappa shape index (κ3) is 8.65. The molecule has 47 heavy (non-hydrogen) atoms. The highest BCUT2D eigenvalue weighted by atomic mass is 32.1. The first-order valence-corrected chi connectivity index (χ1v) is 18.0. The third-order valence-electron chi connectivity index (χ3n) is 9.51. The molecule has 2 saturated heterocycles. The molecule has 2 aliphatic rings. The first-order valence-electron chi connectivity index (χ1n) is 17.2. The monoisotopic (exact) mass is 662 g/mol. The van der Waals surface area contributed by atoms with Gasteiger partial charge in [-0.2, -0.15) is 0 Å². The minimum Gasteiger partial charge on any atom is -0.343 e. The fourth-order valence-corrected chi connectivity index (χ4v) is 7.71. The fraction of sp³-hybridized carbons (Fsp3) is 0.571. The van der Waals surface area contributed by atoms with E-state index in [4.69, 9.17) is 4.98 Å². The molecule has 2 aliphatic heterocycles. The summed E-state index contributed by atoms with van der Waals surface area (Å²) in [6.07, 6.45) is 9.16. The smallest absolute Gasteiger partial charge is 0.317 e. The highest BCUT2D eigenvalue weighted by Crippen LogP contribution is 2.39. The minimum absolute atomic E-state index is 0.0470. The van der Waals surface area contributed by atoms with E-state index in [-0.39, 0.29) is 29.8 Å². The highest BCUT2D eigenvalue weighted by molar-refractivity contribution is 7.18. The van der Waals surface area contributed by atoms with Gasteiger partial charge in [-0.05, 0) is 78.1 Å². The number of carbonyl (C=O) groups is 3. The van der Waals surface area contributed by atoms with Crippen LogP contribution in [0.25, 0.3) is 21.5 Å². The van der Waals surface area contributed by atoms with Gasteiger partial charge >= 0.3 is 6.03 Å². The number of fused-ring (bicyclic) bond motifs is 1. The van der Waals surface area contributed by atoms with E-state index in [0.717, 1.165) is 71.6 Å². The number of aromatic nitrogens is 2. The molecule has 0 saturated carbocycles. The topological polar surface area (TPSA) is 132 Å². The summed E-state index contributed by atoms with van der Waals surface area (Å²) in [5.41, 5.74) is 2.70. The Morgan fingerprint density at radius 1 is 0.957 bits per heavy atom. The lowest BCUT2D eigenvalue weighted by Gasteiger charge is -2.38. The second-order valence-corrected chi connectivity index (χ2v) is 13.7. The number of nitrogens with zero attached hydrogens (tertiary/aromatic N) is 4. The molecule has 4 N–H and O–H groups in total. The van der Waals surface area contributed by atoms with Crippen LogP contribution in [0, 0.1) is 5.92 Å². The van der Waals surface area contributed by atoms with E-state index in [1.807, 2.05) is 59.4 Å². The molecule has 1 aromatic carbocycles. The molecule has 0 radical (unpaired) electrons. The Kier molecular flexibility index (Phi) is 12.5. The fourth-order valence-electron chi connectivity index (χ4n) is 6.60. The van der Waals surface area contributed by atoms with Crippen LogP contribution in [0.2, 0.25) is 0 Å². The van der Waals surface area contributed by atoms with Crippen molar-refractivity contribution in [3.63, 3.8) is 0 Å². The molecule has 3 atom stereocenters. The number of thiazole rings is 1. The lowest BCUT2D eigenvalue weighted by atomic mass is 9.88. The Hall–Kier alpha value is -3.61. The number of unbranched alkanes of at least 4 members (excludes halogenated alkanes) is 3. The maximum atomic E-state index is 14.4. The number of nitrogens with one attached hydrogen (secondary N) is 4. The van der Waals surface area contributed by atoms with E-state index in [1.165, 1.54) is 0 Å². The lowest BCUT2D eigenvalue weighted by Crippen LogP contribution is -2.57. The van der Waals surface area contributed by atoms with Crippen LogP contribution < -0.4 is 21.3 Å². The number of carbonyl (C=O) groups excluding carboxylic acids is 3. The maximum Gasteiger partial charge on any atom is 0.317 e.